The molecule has 136 valence electrons. The molecule has 0 spiro atoms. The van der Waals surface area contributed by atoms with Crippen molar-refractivity contribution in [3.63, 3.8) is 0 Å². The number of benzene rings is 1. The summed E-state index contributed by atoms with van der Waals surface area (Å²) in [4.78, 5) is 24.6. The Morgan fingerprint density at radius 3 is 2.81 bits per heavy atom. The minimum Gasteiger partial charge on any atom is -0.483 e. The van der Waals surface area contributed by atoms with Gasteiger partial charge in [0.15, 0.2) is 6.61 Å². The summed E-state index contributed by atoms with van der Waals surface area (Å²) in [5.74, 6) is 0.185. The van der Waals surface area contributed by atoms with Crippen molar-refractivity contribution in [3.8, 4) is 5.75 Å². The summed E-state index contributed by atoms with van der Waals surface area (Å²) >= 11 is 1.34. The van der Waals surface area contributed by atoms with Crippen LogP contribution in [0.15, 0.2) is 35.3 Å². The van der Waals surface area contributed by atoms with Crippen LogP contribution in [0.4, 0.5) is 5.13 Å². The molecule has 0 aliphatic carbocycles. The van der Waals surface area contributed by atoms with Gasteiger partial charge in [-0.15, -0.1) is 10.2 Å². The molecule has 0 unspecified atom stereocenters. The Morgan fingerprint density at radius 1 is 1.23 bits per heavy atom. The number of rotatable bonds is 7. The first-order valence-corrected chi connectivity index (χ1v) is 9.31. The minimum atomic E-state index is -0.319. The van der Waals surface area contributed by atoms with E-state index in [2.05, 4.69) is 15.5 Å². The molecule has 1 amide bonds. The Balaban J connectivity index is 1.73. The van der Waals surface area contributed by atoms with E-state index in [4.69, 9.17) is 4.74 Å². The molecule has 8 heteroatoms. The number of amides is 1. The molecule has 0 saturated heterocycles. The van der Waals surface area contributed by atoms with Crippen molar-refractivity contribution in [1.82, 2.24) is 14.8 Å². The van der Waals surface area contributed by atoms with Crippen molar-refractivity contribution in [1.29, 1.82) is 0 Å². The zero-order valence-corrected chi connectivity index (χ0v) is 15.5. The van der Waals surface area contributed by atoms with E-state index in [1.54, 1.807) is 29.0 Å². The Bertz CT molecular complexity index is 980. The van der Waals surface area contributed by atoms with Crippen molar-refractivity contribution in [2.75, 3.05) is 11.9 Å². The highest BCUT2D eigenvalue weighted by molar-refractivity contribution is 7.15. The first-order chi connectivity index (χ1) is 12.6. The summed E-state index contributed by atoms with van der Waals surface area (Å²) in [6, 6.07) is 7.12. The largest absolute Gasteiger partial charge is 0.483 e. The Morgan fingerprint density at radius 2 is 2.08 bits per heavy atom. The van der Waals surface area contributed by atoms with E-state index in [9.17, 15) is 9.59 Å². The van der Waals surface area contributed by atoms with Crippen LogP contribution >= 0.6 is 11.3 Å². The lowest BCUT2D eigenvalue weighted by Gasteiger charge is -2.10. The highest BCUT2D eigenvalue weighted by atomic mass is 32.1. The highest BCUT2D eigenvalue weighted by Gasteiger charge is 2.11. The van der Waals surface area contributed by atoms with Crippen molar-refractivity contribution >= 4 is 33.1 Å². The molecule has 0 atom stereocenters. The average Bonchev–Trinajstić information content (AvgIpc) is 3.10. The van der Waals surface area contributed by atoms with Crippen molar-refractivity contribution in [3.05, 3.63) is 45.8 Å². The predicted molar refractivity (Wildman–Crippen MR) is 102 cm³/mol. The van der Waals surface area contributed by atoms with Crippen LogP contribution in [-0.4, -0.2) is 27.3 Å². The van der Waals surface area contributed by atoms with E-state index in [-0.39, 0.29) is 18.1 Å². The Kier molecular flexibility index (Phi) is 5.62. The van der Waals surface area contributed by atoms with Gasteiger partial charge in [0.1, 0.15) is 10.8 Å². The van der Waals surface area contributed by atoms with Gasteiger partial charge in [-0.1, -0.05) is 31.3 Å². The molecule has 1 N–H and O–H groups in total. The topological polar surface area (TPSA) is 86.1 Å². The first-order valence-electron chi connectivity index (χ1n) is 8.49. The van der Waals surface area contributed by atoms with Crippen LogP contribution in [0, 0.1) is 0 Å². The third-order valence-electron chi connectivity index (χ3n) is 3.82. The summed E-state index contributed by atoms with van der Waals surface area (Å²) in [6.07, 6.45) is 3.41. The fourth-order valence-electron chi connectivity index (χ4n) is 2.58. The predicted octanol–water partition coefficient (Wildman–Crippen LogP) is 2.84. The second-order valence-electron chi connectivity index (χ2n) is 5.72. The smallest absolute Gasteiger partial charge is 0.264 e. The monoisotopic (exact) mass is 372 g/mol. The molecule has 0 aliphatic rings. The summed E-state index contributed by atoms with van der Waals surface area (Å²) in [7, 11) is 0. The number of hydrogen-bond acceptors (Lipinski definition) is 6. The number of ether oxygens (including phenoxy) is 1. The molecule has 2 aromatic heterocycles. The second-order valence-corrected chi connectivity index (χ2v) is 6.79. The average molecular weight is 372 g/mol. The molecule has 0 aliphatic heterocycles. The number of fused-ring (bicyclic) bond motifs is 1. The molecule has 2 heterocycles. The molecule has 0 radical (unpaired) electrons. The van der Waals surface area contributed by atoms with E-state index < -0.39 is 0 Å². The molecular formula is C18H20N4O3S. The van der Waals surface area contributed by atoms with E-state index in [0.29, 0.717) is 28.2 Å². The summed E-state index contributed by atoms with van der Waals surface area (Å²) in [5.41, 5.74) is -0.0554. The van der Waals surface area contributed by atoms with E-state index in [1.807, 2.05) is 19.9 Å². The molecular weight excluding hydrogens is 352 g/mol. The van der Waals surface area contributed by atoms with E-state index in [1.165, 1.54) is 11.3 Å². The maximum atomic E-state index is 12.5. The van der Waals surface area contributed by atoms with Crippen LogP contribution in [0.25, 0.3) is 10.8 Å². The van der Waals surface area contributed by atoms with Gasteiger partial charge in [0.2, 0.25) is 5.13 Å². The van der Waals surface area contributed by atoms with Gasteiger partial charge >= 0.3 is 0 Å². The SMILES string of the molecule is CCCn1ccc2c(OCC(=O)Nc3nnc(CC)s3)cccc2c1=O. The number of aryl methyl sites for hydroxylation is 2. The molecule has 7 nitrogen and oxygen atoms in total. The number of pyridine rings is 1. The molecule has 3 rings (SSSR count). The maximum Gasteiger partial charge on any atom is 0.264 e. The molecule has 1 aromatic carbocycles. The Hall–Kier alpha value is -2.74. The normalized spacial score (nSPS) is 10.8. The molecule has 0 saturated carbocycles. The van der Waals surface area contributed by atoms with E-state index >= 15 is 0 Å². The van der Waals surface area contributed by atoms with Crippen LogP contribution in [0.2, 0.25) is 0 Å². The van der Waals surface area contributed by atoms with Gasteiger partial charge < -0.3 is 9.30 Å². The van der Waals surface area contributed by atoms with Gasteiger partial charge in [0, 0.05) is 18.1 Å². The fourth-order valence-corrected chi connectivity index (χ4v) is 3.27. The van der Waals surface area contributed by atoms with Gasteiger partial charge in [-0.25, -0.2) is 0 Å². The molecule has 0 fully saturated rings. The lowest BCUT2D eigenvalue weighted by molar-refractivity contribution is -0.118. The van der Waals surface area contributed by atoms with Gasteiger partial charge in [-0.05, 0) is 31.0 Å². The quantitative estimate of drug-likeness (QED) is 0.689. The van der Waals surface area contributed by atoms with Gasteiger partial charge in [0.05, 0.1) is 5.39 Å². The third kappa shape index (κ3) is 3.91. The third-order valence-corrected chi connectivity index (χ3v) is 4.80. The van der Waals surface area contributed by atoms with Crippen LogP contribution in [-0.2, 0) is 17.8 Å². The van der Waals surface area contributed by atoms with Crippen molar-refractivity contribution < 1.29 is 9.53 Å². The van der Waals surface area contributed by atoms with Gasteiger partial charge in [-0.3, -0.25) is 14.9 Å². The van der Waals surface area contributed by atoms with Crippen LogP contribution in [0.1, 0.15) is 25.3 Å². The first kappa shape index (κ1) is 18.1. The maximum absolute atomic E-state index is 12.5. The zero-order valence-electron chi connectivity index (χ0n) is 14.7. The summed E-state index contributed by atoms with van der Waals surface area (Å²) in [6.45, 7) is 4.50. The fraction of sp³-hybridized carbons (Fsp3) is 0.333. The lowest BCUT2D eigenvalue weighted by Crippen LogP contribution is -2.21. The molecule has 26 heavy (non-hydrogen) atoms. The number of hydrogen-bond donors (Lipinski definition) is 1. The minimum absolute atomic E-state index is 0.0554. The number of aromatic nitrogens is 3. The Labute approximate surface area is 154 Å². The van der Waals surface area contributed by atoms with Gasteiger partial charge in [0.25, 0.3) is 11.5 Å². The zero-order chi connectivity index (χ0) is 18.5. The summed E-state index contributed by atoms with van der Waals surface area (Å²) < 4.78 is 7.32. The van der Waals surface area contributed by atoms with Crippen molar-refractivity contribution in [2.24, 2.45) is 0 Å². The standard InChI is InChI=1S/C18H20N4O3S/c1-3-9-22-10-8-12-13(17(22)24)6-5-7-14(12)25-11-15(23)19-18-21-20-16(4-2)26-18/h5-8,10H,3-4,9,11H2,1-2H3,(H,19,21,23). The molecule has 0 bridgehead atoms. The number of carbonyl (C=O) groups excluding carboxylic acids is 1. The number of carbonyl (C=O) groups is 1. The van der Waals surface area contributed by atoms with E-state index in [0.717, 1.165) is 17.8 Å². The van der Waals surface area contributed by atoms with Gasteiger partial charge in [-0.2, -0.15) is 0 Å². The second kappa shape index (κ2) is 8.09. The van der Waals surface area contributed by atoms with Crippen LogP contribution in [0.5, 0.6) is 5.75 Å². The van der Waals surface area contributed by atoms with Crippen LogP contribution < -0.4 is 15.6 Å². The molecule has 3 aromatic rings. The highest BCUT2D eigenvalue weighted by Crippen LogP contribution is 2.23. The summed E-state index contributed by atoms with van der Waals surface area (Å²) in [5, 5.41) is 13.1. The van der Waals surface area contributed by atoms with Crippen LogP contribution in [0.3, 0.4) is 0 Å². The number of nitrogens with zero attached hydrogens (tertiary/aromatic N) is 3. The number of anilines is 1. The number of nitrogens with one attached hydrogen (secondary N) is 1. The van der Waals surface area contributed by atoms with Crippen molar-refractivity contribution in [2.45, 2.75) is 33.2 Å². The lowest BCUT2D eigenvalue weighted by atomic mass is 10.1.